The third kappa shape index (κ3) is 4.46. The van der Waals surface area contributed by atoms with Gasteiger partial charge in [-0.15, -0.1) is 0 Å². The van der Waals surface area contributed by atoms with Crippen molar-refractivity contribution in [1.82, 2.24) is 0 Å². The van der Waals surface area contributed by atoms with Crippen LogP contribution in [0.4, 0.5) is 0 Å². The lowest BCUT2D eigenvalue weighted by Crippen LogP contribution is -2.34. The molecule has 1 aliphatic rings. The van der Waals surface area contributed by atoms with E-state index in [9.17, 15) is 9.59 Å². The molecule has 4 aromatic rings. The summed E-state index contributed by atoms with van der Waals surface area (Å²) in [5, 5.41) is 0. The summed E-state index contributed by atoms with van der Waals surface area (Å²) in [6.07, 6.45) is 0. The van der Waals surface area contributed by atoms with Crippen LogP contribution in [0, 0.1) is 0 Å². The van der Waals surface area contributed by atoms with Gasteiger partial charge < -0.3 is 9.47 Å². The molecule has 0 radical (unpaired) electrons. The first-order valence-corrected chi connectivity index (χ1v) is 13.0. The average Bonchev–Trinajstić information content (AvgIpc) is 2.92. The standard InChI is InChI=1S/C33H26O4S/c1-21(2)31(34)36-25-17-13-23(14-18-25)33(24-15-19-26(20-16-24)37-32(35)22(3)4)27-9-5-7-11-29(27)38-30-12-8-6-10-28(30)33/h5-20H,1,3H2,2,4H3. The molecule has 0 unspecified atom stereocenters. The molecule has 0 saturated heterocycles. The summed E-state index contributed by atoms with van der Waals surface area (Å²) in [5.74, 6) is -0.0225. The molecule has 0 spiro atoms. The maximum Gasteiger partial charge on any atom is 0.338 e. The Bertz CT molecular complexity index is 1450. The van der Waals surface area contributed by atoms with Gasteiger partial charge in [0.1, 0.15) is 11.5 Å². The second-order valence-corrected chi connectivity index (χ2v) is 10.3. The first kappa shape index (κ1) is 25.3. The zero-order chi connectivity index (χ0) is 26.9. The van der Waals surface area contributed by atoms with E-state index in [0.29, 0.717) is 22.6 Å². The monoisotopic (exact) mass is 518 g/mol. The first-order chi connectivity index (χ1) is 18.3. The molecule has 0 aromatic heterocycles. The Morgan fingerprint density at radius 2 is 0.974 bits per heavy atom. The Morgan fingerprint density at radius 1 is 0.605 bits per heavy atom. The van der Waals surface area contributed by atoms with Crippen LogP contribution in [0.1, 0.15) is 36.1 Å². The lowest BCUT2D eigenvalue weighted by molar-refractivity contribution is -0.130. The van der Waals surface area contributed by atoms with Gasteiger partial charge in [0.15, 0.2) is 0 Å². The summed E-state index contributed by atoms with van der Waals surface area (Å²) >= 11 is 1.75. The van der Waals surface area contributed by atoms with Gasteiger partial charge in [-0.1, -0.05) is 85.6 Å². The van der Waals surface area contributed by atoms with E-state index < -0.39 is 17.4 Å². The Balaban J connectivity index is 1.71. The highest BCUT2D eigenvalue weighted by molar-refractivity contribution is 7.99. The molecule has 4 aromatic carbocycles. The van der Waals surface area contributed by atoms with Crippen LogP contribution in [0.25, 0.3) is 0 Å². The quantitative estimate of drug-likeness (QED) is 0.132. The maximum absolute atomic E-state index is 12.1. The second kappa shape index (κ2) is 10.2. The van der Waals surface area contributed by atoms with Crippen molar-refractivity contribution < 1.29 is 19.1 Å². The Kier molecular flexibility index (Phi) is 6.79. The Labute approximate surface area is 226 Å². The van der Waals surface area contributed by atoms with Gasteiger partial charge in [-0.25, -0.2) is 9.59 Å². The Hall–Kier alpha value is -4.35. The van der Waals surface area contributed by atoms with Gasteiger partial charge in [-0.3, -0.25) is 0 Å². The molecule has 0 saturated carbocycles. The number of hydrogen-bond acceptors (Lipinski definition) is 5. The predicted molar refractivity (Wildman–Crippen MR) is 150 cm³/mol. The zero-order valence-electron chi connectivity index (χ0n) is 21.2. The lowest BCUT2D eigenvalue weighted by Gasteiger charge is -2.41. The fourth-order valence-electron chi connectivity index (χ4n) is 4.72. The van der Waals surface area contributed by atoms with Crippen molar-refractivity contribution in [3.8, 4) is 11.5 Å². The normalized spacial score (nSPS) is 13.0. The molecule has 1 aliphatic heterocycles. The fourth-order valence-corrected chi connectivity index (χ4v) is 5.91. The zero-order valence-corrected chi connectivity index (χ0v) is 22.0. The van der Waals surface area contributed by atoms with Gasteiger partial charge in [-0.05, 0) is 72.5 Å². The first-order valence-electron chi connectivity index (χ1n) is 12.1. The molecule has 0 bridgehead atoms. The molecule has 38 heavy (non-hydrogen) atoms. The van der Waals surface area contributed by atoms with E-state index in [1.54, 1.807) is 25.6 Å². The van der Waals surface area contributed by atoms with Gasteiger partial charge in [0.2, 0.25) is 0 Å². The number of benzene rings is 4. The minimum Gasteiger partial charge on any atom is -0.423 e. The number of ether oxygens (including phenoxy) is 2. The maximum atomic E-state index is 12.1. The summed E-state index contributed by atoms with van der Waals surface area (Å²) in [4.78, 5) is 26.5. The largest absolute Gasteiger partial charge is 0.423 e. The minimum absolute atomic E-state index is 0.338. The van der Waals surface area contributed by atoms with Gasteiger partial charge in [-0.2, -0.15) is 0 Å². The predicted octanol–water partition coefficient (Wildman–Crippen LogP) is 7.50. The van der Waals surface area contributed by atoms with Crippen molar-refractivity contribution in [1.29, 1.82) is 0 Å². The number of carbonyl (C=O) groups is 2. The molecule has 0 aliphatic carbocycles. The van der Waals surface area contributed by atoms with E-state index >= 15 is 0 Å². The van der Waals surface area contributed by atoms with Crippen LogP contribution in [-0.4, -0.2) is 11.9 Å². The molecule has 0 N–H and O–H groups in total. The van der Waals surface area contributed by atoms with Crippen molar-refractivity contribution in [2.24, 2.45) is 0 Å². The highest BCUT2D eigenvalue weighted by Crippen LogP contribution is 2.55. The van der Waals surface area contributed by atoms with Gasteiger partial charge in [0.25, 0.3) is 0 Å². The van der Waals surface area contributed by atoms with Crippen molar-refractivity contribution >= 4 is 23.7 Å². The summed E-state index contributed by atoms with van der Waals surface area (Å²) in [5.41, 5.74) is 4.32. The number of hydrogen-bond donors (Lipinski definition) is 0. The highest BCUT2D eigenvalue weighted by Gasteiger charge is 2.44. The molecule has 0 amide bonds. The van der Waals surface area contributed by atoms with E-state index in [1.807, 2.05) is 72.8 Å². The van der Waals surface area contributed by atoms with E-state index in [-0.39, 0.29) is 0 Å². The highest BCUT2D eigenvalue weighted by atomic mass is 32.2. The van der Waals surface area contributed by atoms with Crippen molar-refractivity contribution in [2.45, 2.75) is 29.1 Å². The number of rotatable bonds is 6. The van der Waals surface area contributed by atoms with Crippen LogP contribution in [-0.2, 0) is 15.0 Å². The van der Waals surface area contributed by atoms with Crippen LogP contribution in [0.15, 0.2) is 131 Å². The third-order valence-electron chi connectivity index (χ3n) is 6.49. The fraction of sp³-hybridized carbons (Fsp3) is 0.0909. The lowest BCUT2D eigenvalue weighted by atomic mass is 9.65. The van der Waals surface area contributed by atoms with Crippen molar-refractivity contribution in [2.75, 3.05) is 0 Å². The molecule has 0 fully saturated rings. The third-order valence-corrected chi connectivity index (χ3v) is 7.65. The minimum atomic E-state index is -0.660. The van der Waals surface area contributed by atoms with E-state index in [2.05, 4.69) is 37.4 Å². The Morgan fingerprint density at radius 3 is 1.34 bits per heavy atom. The molecular weight excluding hydrogens is 492 g/mol. The van der Waals surface area contributed by atoms with Crippen LogP contribution >= 0.6 is 11.8 Å². The SMILES string of the molecule is C=C(C)C(=O)Oc1ccc(C2(c3ccc(OC(=O)C(=C)C)cc3)c3ccccc3Sc3ccccc32)cc1. The van der Waals surface area contributed by atoms with Gasteiger partial charge >= 0.3 is 11.9 Å². The molecule has 0 atom stereocenters. The smallest absolute Gasteiger partial charge is 0.338 e. The van der Waals surface area contributed by atoms with Crippen molar-refractivity contribution in [3.63, 3.8) is 0 Å². The molecule has 4 nitrogen and oxygen atoms in total. The van der Waals surface area contributed by atoms with Crippen LogP contribution in [0.2, 0.25) is 0 Å². The summed E-state index contributed by atoms with van der Waals surface area (Å²) in [6.45, 7) is 10.6. The molecule has 5 heteroatoms. The van der Waals surface area contributed by atoms with Crippen molar-refractivity contribution in [3.05, 3.63) is 144 Å². The second-order valence-electron chi connectivity index (χ2n) is 9.23. The number of fused-ring (bicyclic) bond motifs is 2. The van der Waals surface area contributed by atoms with Crippen LogP contribution < -0.4 is 9.47 Å². The summed E-state index contributed by atoms with van der Waals surface area (Å²) < 4.78 is 10.9. The van der Waals surface area contributed by atoms with Gasteiger partial charge in [0.05, 0.1) is 5.41 Å². The van der Waals surface area contributed by atoms with E-state index in [4.69, 9.17) is 9.47 Å². The van der Waals surface area contributed by atoms with Gasteiger partial charge in [0, 0.05) is 20.9 Å². The summed E-state index contributed by atoms with van der Waals surface area (Å²) in [6, 6.07) is 32.0. The summed E-state index contributed by atoms with van der Waals surface area (Å²) in [7, 11) is 0. The molecule has 1 heterocycles. The molecular formula is C33H26O4S. The van der Waals surface area contributed by atoms with Crippen LogP contribution in [0.3, 0.4) is 0 Å². The van der Waals surface area contributed by atoms with E-state index in [0.717, 1.165) is 32.0 Å². The van der Waals surface area contributed by atoms with Crippen LogP contribution in [0.5, 0.6) is 11.5 Å². The topological polar surface area (TPSA) is 52.6 Å². The van der Waals surface area contributed by atoms with E-state index in [1.165, 1.54) is 0 Å². The molecule has 188 valence electrons. The number of carbonyl (C=O) groups excluding carboxylic acids is 2. The molecule has 5 rings (SSSR count). The number of esters is 2. The average molecular weight is 519 g/mol.